The zero-order chi connectivity index (χ0) is 21.3. The van der Waals surface area contributed by atoms with E-state index in [2.05, 4.69) is 5.32 Å². The molecule has 2 aliphatic rings. The summed E-state index contributed by atoms with van der Waals surface area (Å²) in [6.07, 6.45) is 1.08. The molecule has 0 atom stereocenters. The summed E-state index contributed by atoms with van der Waals surface area (Å²) in [7, 11) is -1.85. The summed E-state index contributed by atoms with van der Waals surface area (Å²) in [5, 5.41) is 2.84. The van der Waals surface area contributed by atoms with Crippen LogP contribution in [0.4, 0.5) is 11.4 Å². The van der Waals surface area contributed by atoms with E-state index in [9.17, 15) is 18.0 Å². The van der Waals surface area contributed by atoms with Gasteiger partial charge in [-0.15, -0.1) is 0 Å². The molecule has 158 valence electrons. The van der Waals surface area contributed by atoms with E-state index in [1.807, 2.05) is 12.1 Å². The van der Waals surface area contributed by atoms with Crippen molar-refractivity contribution in [3.05, 3.63) is 53.6 Å². The maximum Gasteiger partial charge on any atom is 0.255 e. The van der Waals surface area contributed by atoms with Gasteiger partial charge in [0.1, 0.15) is 0 Å². The maximum absolute atomic E-state index is 12.7. The zero-order valence-electron chi connectivity index (χ0n) is 16.6. The number of hydrogen-bond acceptors (Lipinski definition) is 5. The number of morpholine rings is 1. The summed E-state index contributed by atoms with van der Waals surface area (Å²) in [5.41, 5.74) is 2.84. The van der Waals surface area contributed by atoms with Crippen molar-refractivity contribution < 1.29 is 22.7 Å². The van der Waals surface area contributed by atoms with Gasteiger partial charge in [0.25, 0.3) is 5.91 Å². The molecule has 0 saturated carbocycles. The standard InChI is InChI=1S/C21H23N3O5S/c1-23-19-8-5-17(14-16(19)4-9-20(23)25)22-21(26)15-2-6-18(7-3-15)30(27,28)24-10-12-29-13-11-24/h2-3,5-8,14H,4,9-13H2,1H3,(H,22,26). The van der Waals surface area contributed by atoms with E-state index < -0.39 is 10.0 Å². The summed E-state index contributed by atoms with van der Waals surface area (Å²) in [5.74, 6) is -0.253. The number of aryl methyl sites for hydroxylation is 1. The van der Waals surface area contributed by atoms with Gasteiger partial charge in [0.05, 0.1) is 18.1 Å². The minimum Gasteiger partial charge on any atom is -0.379 e. The van der Waals surface area contributed by atoms with Crippen molar-refractivity contribution in [2.24, 2.45) is 0 Å². The number of hydrogen-bond donors (Lipinski definition) is 1. The van der Waals surface area contributed by atoms with E-state index >= 15 is 0 Å². The van der Waals surface area contributed by atoms with Crippen LogP contribution in [-0.2, 0) is 26.0 Å². The van der Waals surface area contributed by atoms with Crippen LogP contribution in [0.2, 0.25) is 0 Å². The molecule has 0 unspecified atom stereocenters. The van der Waals surface area contributed by atoms with Crippen molar-refractivity contribution in [2.75, 3.05) is 43.6 Å². The number of carbonyl (C=O) groups excluding carboxylic acids is 2. The lowest BCUT2D eigenvalue weighted by atomic mass is 10.0. The van der Waals surface area contributed by atoms with E-state index in [1.54, 1.807) is 18.0 Å². The lowest BCUT2D eigenvalue weighted by Crippen LogP contribution is -2.40. The molecule has 2 aliphatic heterocycles. The molecule has 2 amide bonds. The Bertz CT molecular complexity index is 1080. The molecule has 0 bridgehead atoms. The first-order chi connectivity index (χ1) is 14.4. The number of rotatable bonds is 4. The predicted molar refractivity (Wildman–Crippen MR) is 112 cm³/mol. The molecule has 2 aromatic rings. The first kappa shape index (κ1) is 20.5. The Morgan fingerprint density at radius 3 is 2.43 bits per heavy atom. The number of fused-ring (bicyclic) bond motifs is 1. The van der Waals surface area contributed by atoms with Gasteiger partial charge in [-0.2, -0.15) is 4.31 Å². The van der Waals surface area contributed by atoms with Crippen LogP contribution in [0, 0.1) is 0 Å². The lowest BCUT2D eigenvalue weighted by Gasteiger charge is -2.26. The highest BCUT2D eigenvalue weighted by Gasteiger charge is 2.26. The number of carbonyl (C=O) groups is 2. The lowest BCUT2D eigenvalue weighted by molar-refractivity contribution is -0.118. The van der Waals surface area contributed by atoms with Crippen LogP contribution in [0.1, 0.15) is 22.3 Å². The Hall–Kier alpha value is -2.75. The third-order valence-electron chi connectivity index (χ3n) is 5.41. The Morgan fingerprint density at radius 1 is 1.03 bits per heavy atom. The molecular formula is C21H23N3O5S. The van der Waals surface area contributed by atoms with Crippen LogP contribution in [0.3, 0.4) is 0 Å². The smallest absolute Gasteiger partial charge is 0.255 e. The quantitative estimate of drug-likeness (QED) is 0.801. The highest BCUT2D eigenvalue weighted by molar-refractivity contribution is 7.89. The van der Waals surface area contributed by atoms with E-state index in [1.165, 1.54) is 28.6 Å². The highest BCUT2D eigenvalue weighted by atomic mass is 32.2. The van der Waals surface area contributed by atoms with Crippen molar-refractivity contribution in [1.29, 1.82) is 0 Å². The van der Waals surface area contributed by atoms with Crippen LogP contribution < -0.4 is 10.2 Å². The number of amides is 2. The van der Waals surface area contributed by atoms with Gasteiger partial charge < -0.3 is 15.0 Å². The van der Waals surface area contributed by atoms with Gasteiger partial charge in [-0.25, -0.2) is 8.42 Å². The molecule has 1 N–H and O–H groups in total. The monoisotopic (exact) mass is 429 g/mol. The highest BCUT2D eigenvalue weighted by Crippen LogP contribution is 2.29. The number of anilines is 2. The molecule has 4 rings (SSSR count). The minimum atomic E-state index is -3.59. The van der Waals surface area contributed by atoms with Crippen molar-refractivity contribution in [1.82, 2.24) is 4.31 Å². The molecule has 30 heavy (non-hydrogen) atoms. The average Bonchev–Trinajstić information content (AvgIpc) is 2.77. The Labute approximate surface area is 175 Å². The van der Waals surface area contributed by atoms with Gasteiger partial charge in [0, 0.05) is 43.5 Å². The second kappa shape index (κ2) is 8.17. The molecular weight excluding hydrogens is 406 g/mol. The summed E-state index contributed by atoms with van der Waals surface area (Å²) >= 11 is 0. The van der Waals surface area contributed by atoms with E-state index in [0.717, 1.165) is 11.3 Å². The number of sulfonamides is 1. The van der Waals surface area contributed by atoms with Crippen LogP contribution in [-0.4, -0.2) is 57.9 Å². The van der Waals surface area contributed by atoms with Crippen LogP contribution in [0.15, 0.2) is 47.4 Å². The molecule has 2 aromatic carbocycles. The normalized spacial score (nSPS) is 17.5. The van der Waals surface area contributed by atoms with Gasteiger partial charge in [0.15, 0.2) is 0 Å². The first-order valence-electron chi connectivity index (χ1n) is 9.75. The zero-order valence-corrected chi connectivity index (χ0v) is 17.4. The fourth-order valence-corrected chi connectivity index (χ4v) is 5.06. The summed E-state index contributed by atoms with van der Waals surface area (Å²) < 4.78 is 32.0. The van der Waals surface area contributed by atoms with Gasteiger partial charge in [-0.05, 0) is 54.4 Å². The Morgan fingerprint density at radius 2 is 1.73 bits per heavy atom. The first-order valence-corrected chi connectivity index (χ1v) is 11.2. The number of nitrogens with one attached hydrogen (secondary N) is 1. The predicted octanol–water partition coefficient (Wildman–Crippen LogP) is 1.87. The van der Waals surface area contributed by atoms with Crippen LogP contribution in [0.25, 0.3) is 0 Å². The summed E-state index contributed by atoms with van der Waals surface area (Å²) in [4.78, 5) is 26.2. The third kappa shape index (κ3) is 3.96. The van der Waals surface area contributed by atoms with Gasteiger partial charge >= 0.3 is 0 Å². The van der Waals surface area contributed by atoms with Crippen molar-refractivity contribution in [2.45, 2.75) is 17.7 Å². The molecule has 0 radical (unpaired) electrons. The van der Waals surface area contributed by atoms with Gasteiger partial charge in [-0.3, -0.25) is 9.59 Å². The van der Waals surface area contributed by atoms with Crippen LogP contribution in [0.5, 0.6) is 0 Å². The van der Waals surface area contributed by atoms with E-state index in [-0.39, 0.29) is 16.7 Å². The van der Waals surface area contributed by atoms with E-state index in [0.29, 0.717) is 50.4 Å². The number of benzene rings is 2. The van der Waals surface area contributed by atoms with Crippen LogP contribution >= 0.6 is 0 Å². The average molecular weight is 429 g/mol. The molecule has 1 saturated heterocycles. The SMILES string of the molecule is CN1C(=O)CCc2cc(NC(=O)c3ccc(S(=O)(=O)N4CCOCC4)cc3)ccc21. The molecule has 9 heteroatoms. The summed E-state index contributed by atoms with van der Waals surface area (Å²) in [6.45, 7) is 1.41. The summed E-state index contributed by atoms with van der Waals surface area (Å²) in [6, 6.07) is 11.4. The van der Waals surface area contributed by atoms with Gasteiger partial charge in [0.2, 0.25) is 15.9 Å². The van der Waals surface area contributed by atoms with Crippen molar-refractivity contribution >= 4 is 33.2 Å². The Kier molecular flexibility index (Phi) is 5.59. The number of nitrogens with zero attached hydrogens (tertiary/aromatic N) is 2. The molecule has 0 spiro atoms. The minimum absolute atomic E-state index is 0.0754. The number of ether oxygens (including phenoxy) is 1. The largest absolute Gasteiger partial charge is 0.379 e. The Balaban J connectivity index is 1.47. The van der Waals surface area contributed by atoms with Crippen molar-refractivity contribution in [3.8, 4) is 0 Å². The fourth-order valence-electron chi connectivity index (χ4n) is 3.65. The maximum atomic E-state index is 12.7. The molecule has 1 fully saturated rings. The molecule has 0 aliphatic carbocycles. The van der Waals surface area contributed by atoms with Gasteiger partial charge in [-0.1, -0.05) is 0 Å². The molecule has 0 aromatic heterocycles. The third-order valence-corrected chi connectivity index (χ3v) is 7.32. The molecule has 8 nitrogen and oxygen atoms in total. The second-order valence-corrected chi connectivity index (χ2v) is 9.23. The topological polar surface area (TPSA) is 96.0 Å². The molecule has 2 heterocycles. The fraction of sp³-hybridized carbons (Fsp3) is 0.333. The second-order valence-electron chi connectivity index (χ2n) is 7.29. The van der Waals surface area contributed by atoms with E-state index in [4.69, 9.17) is 4.74 Å². The van der Waals surface area contributed by atoms with Crippen molar-refractivity contribution in [3.63, 3.8) is 0 Å².